The van der Waals surface area contributed by atoms with E-state index < -0.39 is 8.56 Å². The van der Waals surface area contributed by atoms with Gasteiger partial charge in [0.05, 0.1) is 0 Å². The largest absolute Gasteiger partial charge is 0.394 e. The van der Waals surface area contributed by atoms with Crippen LogP contribution in [0.3, 0.4) is 0 Å². The summed E-state index contributed by atoms with van der Waals surface area (Å²) in [5, 5.41) is 0. The van der Waals surface area contributed by atoms with Crippen molar-refractivity contribution in [1.82, 2.24) is 0 Å². The summed E-state index contributed by atoms with van der Waals surface area (Å²) < 4.78 is 12.8. The quantitative estimate of drug-likeness (QED) is 0.248. The Labute approximate surface area is 148 Å². The molecule has 0 aliphatic rings. The molecule has 140 valence electrons. The molecule has 0 aromatic carbocycles. The Hall–Kier alpha value is 0.137. The Morgan fingerprint density at radius 1 is 0.783 bits per heavy atom. The smallest absolute Gasteiger partial charge is 0.337 e. The van der Waals surface area contributed by atoms with Gasteiger partial charge in [0, 0.05) is 12.7 Å². The average Bonchev–Trinajstić information content (AvgIpc) is 2.51. The first-order chi connectivity index (χ1) is 10.8. The molecule has 2 nitrogen and oxygen atoms in total. The molecule has 0 aliphatic carbocycles. The molecule has 0 rings (SSSR count). The fraction of sp³-hybridized carbons (Fsp3) is 1.00. The van der Waals surface area contributed by atoms with Gasteiger partial charge in [0.2, 0.25) is 0 Å². The molecule has 0 radical (unpaired) electrons. The Morgan fingerprint density at radius 3 is 1.70 bits per heavy atom. The minimum absolute atomic E-state index is 0.185. The summed E-state index contributed by atoms with van der Waals surface area (Å²) in [6, 6.07) is 2.11. The molecule has 0 spiro atoms. The van der Waals surface area contributed by atoms with E-state index in [2.05, 4.69) is 48.5 Å². The van der Waals surface area contributed by atoms with E-state index in [0.717, 1.165) is 18.7 Å². The van der Waals surface area contributed by atoms with Crippen molar-refractivity contribution >= 4 is 8.56 Å². The van der Waals surface area contributed by atoms with Gasteiger partial charge in [-0.3, -0.25) is 0 Å². The first-order valence-corrected chi connectivity index (χ1v) is 12.4. The van der Waals surface area contributed by atoms with E-state index in [-0.39, 0.29) is 11.5 Å². The highest BCUT2D eigenvalue weighted by Gasteiger charge is 2.38. The summed E-state index contributed by atoms with van der Waals surface area (Å²) >= 11 is 0. The van der Waals surface area contributed by atoms with Crippen LogP contribution in [-0.4, -0.2) is 21.3 Å². The molecule has 0 bridgehead atoms. The van der Waals surface area contributed by atoms with E-state index in [1.54, 1.807) is 0 Å². The van der Waals surface area contributed by atoms with Crippen LogP contribution in [-0.2, 0) is 8.85 Å². The number of hydrogen-bond acceptors (Lipinski definition) is 2. The van der Waals surface area contributed by atoms with Crippen LogP contribution in [0.15, 0.2) is 0 Å². The van der Waals surface area contributed by atoms with Gasteiger partial charge >= 0.3 is 8.56 Å². The SMILES string of the molecule is CCCCCCCCCCO[Si](CC)(CC)OC(C)C(C)(C)C. The molecule has 3 heteroatoms. The van der Waals surface area contributed by atoms with Crippen LogP contribution in [0.1, 0.15) is 99.8 Å². The molecule has 0 saturated heterocycles. The highest BCUT2D eigenvalue weighted by atomic mass is 28.4. The van der Waals surface area contributed by atoms with Crippen molar-refractivity contribution in [2.75, 3.05) is 6.61 Å². The minimum atomic E-state index is -2.00. The standard InChI is InChI=1S/C20H44O2Si/c1-8-11-12-13-14-15-16-17-18-21-23(9-2,10-3)22-19(4)20(5,6)7/h19H,8-18H2,1-7H3. The van der Waals surface area contributed by atoms with Crippen molar-refractivity contribution in [3.63, 3.8) is 0 Å². The zero-order chi connectivity index (χ0) is 17.8. The zero-order valence-corrected chi connectivity index (χ0v) is 18.2. The minimum Gasteiger partial charge on any atom is -0.394 e. The molecule has 0 amide bonds. The molecule has 0 heterocycles. The molecular weight excluding hydrogens is 300 g/mol. The van der Waals surface area contributed by atoms with Gasteiger partial charge in [-0.2, -0.15) is 0 Å². The third kappa shape index (κ3) is 10.6. The second-order valence-electron chi connectivity index (χ2n) is 8.07. The van der Waals surface area contributed by atoms with Gasteiger partial charge in [-0.25, -0.2) is 0 Å². The highest BCUT2D eigenvalue weighted by Crippen LogP contribution is 2.29. The second-order valence-corrected chi connectivity index (χ2v) is 11.8. The predicted octanol–water partition coefficient (Wildman–Crippen LogP) is 7.08. The Balaban J connectivity index is 4.00. The molecule has 23 heavy (non-hydrogen) atoms. The van der Waals surface area contributed by atoms with Crippen LogP contribution < -0.4 is 0 Å². The number of hydrogen-bond donors (Lipinski definition) is 0. The topological polar surface area (TPSA) is 18.5 Å². The summed E-state index contributed by atoms with van der Waals surface area (Å²) in [6.07, 6.45) is 11.1. The van der Waals surface area contributed by atoms with Crippen molar-refractivity contribution in [2.45, 2.75) is 118 Å². The fourth-order valence-corrected chi connectivity index (χ4v) is 5.47. The van der Waals surface area contributed by atoms with E-state index in [9.17, 15) is 0 Å². The third-order valence-electron chi connectivity index (χ3n) is 5.05. The monoisotopic (exact) mass is 344 g/mol. The molecule has 0 N–H and O–H groups in total. The van der Waals surface area contributed by atoms with Gasteiger partial charge in [0.15, 0.2) is 0 Å². The van der Waals surface area contributed by atoms with Gasteiger partial charge in [0.1, 0.15) is 0 Å². The van der Waals surface area contributed by atoms with Crippen molar-refractivity contribution in [3.8, 4) is 0 Å². The maximum atomic E-state index is 6.49. The lowest BCUT2D eigenvalue weighted by Gasteiger charge is -2.37. The summed E-state index contributed by atoms with van der Waals surface area (Å²) in [5.41, 5.74) is 0.185. The van der Waals surface area contributed by atoms with Crippen LogP contribution in [0.5, 0.6) is 0 Å². The van der Waals surface area contributed by atoms with Gasteiger partial charge in [-0.1, -0.05) is 86.5 Å². The van der Waals surface area contributed by atoms with Crippen LogP contribution >= 0.6 is 0 Å². The maximum absolute atomic E-state index is 6.49. The van der Waals surface area contributed by atoms with Gasteiger partial charge in [-0.15, -0.1) is 0 Å². The Morgan fingerprint density at radius 2 is 1.26 bits per heavy atom. The van der Waals surface area contributed by atoms with Gasteiger partial charge in [0.25, 0.3) is 0 Å². The van der Waals surface area contributed by atoms with Crippen molar-refractivity contribution in [3.05, 3.63) is 0 Å². The van der Waals surface area contributed by atoms with Crippen LogP contribution in [0.4, 0.5) is 0 Å². The molecule has 0 aromatic heterocycles. The lowest BCUT2D eigenvalue weighted by molar-refractivity contribution is 0.0517. The van der Waals surface area contributed by atoms with Gasteiger partial charge < -0.3 is 8.85 Å². The van der Waals surface area contributed by atoms with E-state index in [1.807, 2.05) is 0 Å². The lowest BCUT2D eigenvalue weighted by Crippen LogP contribution is -2.46. The van der Waals surface area contributed by atoms with Crippen molar-refractivity contribution in [1.29, 1.82) is 0 Å². The first-order valence-electron chi connectivity index (χ1n) is 10.1. The highest BCUT2D eigenvalue weighted by molar-refractivity contribution is 6.67. The first kappa shape index (κ1) is 23.1. The van der Waals surface area contributed by atoms with E-state index >= 15 is 0 Å². The summed E-state index contributed by atoms with van der Waals surface area (Å²) in [6.45, 7) is 16.6. The average molecular weight is 345 g/mol. The second kappa shape index (κ2) is 12.5. The molecule has 1 atom stereocenters. The molecular formula is C20H44O2Si. The van der Waals surface area contributed by atoms with E-state index in [0.29, 0.717) is 0 Å². The van der Waals surface area contributed by atoms with Crippen molar-refractivity contribution < 1.29 is 8.85 Å². The number of unbranched alkanes of at least 4 members (excludes halogenated alkanes) is 7. The van der Waals surface area contributed by atoms with Crippen LogP contribution in [0, 0.1) is 5.41 Å². The summed E-state index contributed by atoms with van der Waals surface area (Å²) in [5.74, 6) is 0. The predicted molar refractivity (Wildman–Crippen MR) is 105 cm³/mol. The lowest BCUT2D eigenvalue weighted by atomic mass is 9.91. The summed E-state index contributed by atoms with van der Waals surface area (Å²) in [7, 11) is -2.00. The zero-order valence-electron chi connectivity index (χ0n) is 17.2. The van der Waals surface area contributed by atoms with Crippen LogP contribution in [0.25, 0.3) is 0 Å². The van der Waals surface area contributed by atoms with E-state index in [1.165, 1.54) is 51.4 Å². The maximum Gasteiger partial charge on any atom is 0.337 e. The van der Waals surface area contributed by atoms with Crippen LogP contribution in [0.2, 0.25) is 12.1 Å². The Kier molecular flexibility index (Phi) is 12.6. The molecule has 0 aromatic rings. The molecule has 0 aliphatic heterocycles. The molecule has 0 fully saturated rings. The van der Waals surface area contributed by atoms with E-state index in [4.69, 9.17) is 8.85 Å². The fourth-order valence-electron chi connectivity index (χ4n) is 2.65. The normalized spacial score (nSPS) is 14.2. The van der Waals surface area contributed by atoms with Crippen molar-refractivity contribution in [2.24, 2.45) is 5.41 Å². The molecule has 1 unspecified atom stereocenters. The molecule has 0 saturated carbocycles. The summed E-state index contributed by atoms with van der Waals surface area (Å²) in [4.78, 5) is 0. The third-order valence-corrected chi connectivity index (χ3v) is 8.72. The Bertz CT molecular complexity index is 269. The number of rotatable bonds is 14. The van der Waals surface area contributed by atoms with Gasteiger partial charge in [-0.05, 0) is 30.8 Å².